The molecule has 0 atom stereocenters. The summed E-state index contributed by atoms with van der Waals surface area (Å²) >= 11 is 0. The molecule has 0 aromatic heterocycles. The first-order valence-electron chi connectivity index (χ1n) is 8.34. The van der Waals surface area contributed by atoms with E-state index in [1.807, 2.05) is 0 Å². The van der Waals surface area contributed by atoms with Gasteiger partial charge in [0.15, 0.2) is 0 Å². The Bertz CT molecular complexity index is 404. The summed E-state index contributed by atoms with van der Waals surface area (Å²) in [5.41, 5.74) is 4.02. The Labute approximate surface area is 124 Å². The lowest BCUT2D eigenvalue weighted by atomic mass is 9.89. The summed E-state index contributed by atoms with van der Waals surface area (Å²) in [6.07, 6.45) is 7.10. The highest BCUT2D eigenvalue weighted by molar-refractivity contribution is 5.60. The van der Waals surface area contributed by atoms with Crippen molar-refractivity contribution in [3.63, 3.8) is 0 Å². The zero-order valence-corrected chi connectivity index (χ0v) is 13.4. The summed E-state index contributed by atoms with van der Waals surface area (Å²) in [5, 5.41) is 3.67. The van der Waals surface area contributed by atoms with Gasteiger partial charge in [0, 0.05) is 31.0 Å². The Morgan fingerprint density at radius 2 is 1.80 bits per heavy atom. The van der Waals surface area contributed by atoms with E-state index in [1.165, 1.54) is 49.0 Å². The second-order valence-corrected chi connectivity index (χ2v) is 6.06. The highest BCUT2D eigenvalue weighted by Crippen LogP contribution is 2.26. The van der Waals surface area contributed by atoms with E-state index in [9.17, 15) is 0 Å². The normalized spacial score (nSPS) is 16.1. The number of nitrogens with zero attached hydrogens (tertiary/aromatic N) is 1. The molecule has 2 nitrogen and oxygen atoms in total. The molecule has 1 fully saturated rings. The van der Waals surface area contributed by atoms with Crippen LogP contribution in [0.3, 0.4) is 0 Å². The lowest BCUT2D eigenvalue weighted by molar-refractivity contribution is 0.373. The maximum atomic E-state index is 3.67. The third-order valence-electron chi connectivity index (χ3n) is 4.64. The van der Waals surface area contributed by atoms with Crippen LogP contribution in [0.4, 0.5) is 11.4 Å². The minimum atomic E-state index is 0.880. The fourth-order valence-corrected chi connectivity index (χ4v) is 3.28. The predicted octanol–water partition coefficient (Wildman–Crippen LogP) is 4.83. The summed E-state index contributed by atoms with van der Waals surface area (Å²) < 4.78 is 0. The second-order valence-electron chi connectivity index (χ2n) is 6.06. The highest BCUT2D eigenvalue weighted by atomic mass is 15.1. The number of hydrogen-bond donors (Lipinski definition) is 1. The standard InChI is InChI=1S/C18H30N2/c1-4-20(5-2)17-11-12-18(15(3)13-17)19-14-16-9-7-6-8-10-16/h11-13,16,19H,4-10,14H2,1-3H3. The van der Waals surface area contributed by atoms with Crippen LogP contribution < -0.4 is 10.2 Å². The number of nitrogens with one attached hydrogen (secondary N) is 1. The number of anilines is 2. The van der Waals surface area contributed by atoms with Crippen LogP contribution in [0.1, 0.15) is 51.5 Å². The van der Waals surface area contributed by atoms with Gasteiger partial charge in [0.05, 0.1) is 0 Å². The Morgan fingerprint density at radius 1 is 1.10 bits per heavy atom. The molecular weight excluding hydrogens is 244 g/mol. The summed E-state index contributed by atoms with van der Waals surface area (Å²) in [6, 6.07) is 6.82. The van der Waals surface area contributed by atoms with Gasteiger partial charge in [0.25, 0.3) is 0 Å². The molecule has 0 heterocycles. The van der Waals surface area contributed by atoms with Gasteiger partial charge >= 0.3 is 0 Å². The summed E-state index contributed by atoms with van der Waals surface area (Å²) in [6.45, 7) is 9.94. The van der Waals surface area contributed by atoms with Crippen molar-refractivity contribution < 1.29 is 0 Å². The van der Waals surface area contributed by atoms with Crippen LogP contribution in [0.5, 0.6) is 0 Å². The molecule has 112 valence electrons. The fourth-order valence-electron chi connectivity index (χ4n) is 3.28. The molecule has 1 saturated carbocycles. The third-order valence-corrected chi connectivity index (χ3v) is 4.64. The van der Waals surface area contributed by atoms with E-state index in [0.29, 0.717) is 0 Å². The van der Waals surface area contributed by atoms with Gasteiger partial charge in [-0.05, 0) is 63.3 Å². The van der Waals surface area contributed by atoms with Gasteiger partial charge in [-0.2, -0.15) is 0 Å². The molecule has 1 aliphatic rings. The van der Waals surface area contributed by atoms with Crippen LogP contribution in [0.2, 0.25) is 0 Å². The van der Waals surface area contributed by atoms with E-state index in [4.69, 9.17) is 0 Å². The first-order chi connectivity index (χ1) is 9.74. The van der Waals surface area contributed by atoms with Crippen molar-refractivity contribution in [1.82, 2.24) is 0 Å². The van der Waals surface area contributed by atoms with Crippen LogP contribution in [0.25, 0.3) is 0 Å². The maximum Gasteiger partial charge on any atom is 0.0371 e. The topological polar surface area (TPSA) is 15.3 Å². The molecule has 0 amide bonds. The van der Waals surface area contributed by atoms with E-state index in [-0.39, 0.29) is 0 Å². The smallest absolute Gasteiger partial charge is 0.0371 e. The first kappa shape index (κ1) is 15.2. The molecule has 2 rings (SSSR count). The molecule has 0 spiro atoms. The van der Waals surface area contributed by atoms with Crippen molar-refractivity contribution in [2.45, 2.75) is 52.9 Å². The van der Waals surface area contributed by atoms with Gasteiger partial charge in [0.1, 0.15) is 0 Å². The lowest BCUT2D eigenvalue weighted by Gasteiger charge is -2.24. The van der Waals surface area contributed by atoms with E-state index >= 15 is 0 Å². The third kappa shape index (κ3) is 3.91. The van der Waals surface area contributed by atoms with Gasteiger partial charge in [-0.15, -0.1) is 0 Å². The van der Waals surface area contributed by atoms with Crippen LogP contribution >= 0.6 is 0 Å². The van der Waals surface area contributed by atoms with Crippen molar-refractivity contribution in [2.24, 2.45) is 5.92 Å². The maximum absolute atomic E-state index is 3.67. The van der Waals surface area contributed by atoms with E-state index in [0.717, 1.165) is 25.6 Å². The minimum Gasteiger partial charge on any atom is -0.385 e. The van der Waals surface area contributed by atoms with Crippen LogP contribution in [0, 0.1) is 12.8 Å². The molecule has 0 unspecified atom stereocenters. The number of benzene rings is 1. The highest BCUT2D eigenvalue weighted by Gasteiger charge is 2.13. The molecule has 1 N–H and O–H groups in total. The van der Waals surface area contributed by atoms with E-state index in [1.54, 1.807) is 0 Å². The SMILES string of the molecule is CCN(CC)c1ccc(NCC2CCCCC2)c(C)c1. The minimum absolute atomic E-state index is 0.880. The average Bonchev–Trinajstić information content (AvgIpc) is 2.49. The van der Waals surface area contributed by atoms with Gasteiger partial charge in [-0.1, -0.05) is 19.3 Å². The van der Waals surface area contributed by atoms with Crippen molar-refractivity contribution in [2.75, 3.05) is 29.9 Å². The first-order valence-corrected chi connectivity index (χ1v) is 8.34. The molecule has 0 saturated heterocycles. The monoisotopic (exact) mass is 274 g/mol. The Balaban J connectivity index is 1.95. The quantitative estimate of drug-likeness (QED) is 0.799. The number of rotatable bonds is 6. The molecule has 20 heavy (non-hydrogen) atoms. The van der Waals surface area contributed by atoms with Crippen molar-refractivity contribution in [3.8, 4) is 0 Å². The van der Waals surface area contributed by atoms with Crippen LogP contribution in [-0.2, 0) is 0 Å². The molecule has 1 aromatic rings. The van der Waals surface area contributed by atoms with E-state index < -0.39 is 0 Å². The largest absolute Gasteiger partial charge is 0.385 e. The van der Waals surface area contributed by atoms with Gasteiger partial charge in [-0.3, -0.25) is 0 Å². The zero-order chi connectivity index (χ0) is 14.4. The molecular formula is C18H30N2. The lowest BCUT2D eigenvalue weighted by Crippen LogP contribution is -2.22. The summed E-state index contributed by atoms with van der Waals surface area (Å²) in [5.74, 6) is 0.880. The van der Waals surface area contributed by atoms with E-state index in [2.05, 4.69) is 49.2 Å². The van der Waals surface area contributed by atoms with Crippen LogP contribution in [-0.4, -0.2) is 19.6 Å². The summed E-state index contributed by atoms with van der Waals surface area (Å²) in [4.78, 5) is 2.40. The Morgan fingerprint density at radius 3 is 2.40 bits per heavy atom. The molecule has 0 aliphatic heterocycles. The average molecular weight is 274 g/mol. The van der Waals surface area contributed by atoms with Crippen molar-refractivity contribution >= 4 is 11.4 Å². The second kappa shape index (κ2) is 7.56. The molecule has 2 heteroatoms. The molecule has 1 aliphatic carbocycles. The Hall–Kier alpha value is -1.18. The van der Waals surface area contributed by atoms with Crippen molar-refractivity contribution in [3.05, 3.63) is 23.8 Å². The predicted molar refractivity (Wildman–Crippen MR) is 89.8 cm³/mol. The van der Waals surface area contributed by atoms with Gasteiger partial charge < -0.3 is 10.2 Å². The van der Waals surface area contributed by atoms with Gasteiger partial charge in [-0.25, -0.2) is 0 Å². The number of aryl methyl sites for hydroxylation is 1. The number of hydrogen-bond acceptors (Lipinski definition) is 2. The fraction of sp³-hybridized carbons (Fsp3) is 0.667. The van der Waals surface area contributed by atoms with Crippen LogP contribution in [0.15, 0.2) is 18.2 Å². The molecule has 1 aromatic carbocycles. The molecule has 0 radical (unpaired) electrons. The summed E-state index contributed by atoms with van der Waals surface area (Å²) in [7, 11) is 0. The van der Waals surface area contributed by atoms with Gasteiger partial charge in [0.2, 0.25) is 0 Å². The molecule has 0 bridgehead atoms. The zero-order valence-electron chi connectivity index (χ0n) is 13.4. The van der Waals surface area contributed by atoms with Crippen molar-refractivity contribution in [1.29, 1.82) is 0 Å². The Kier molecular flexibility index (Phi) is 5.75.